The van der Waals surface area contributed by atoms with E-state index in [9.17, 15) is 0 Å². The summed E-state index contributed by atoms with van der Waals surface area (Å²) in [5.41, 5.74) is 10.3. The van der Waals surface area contributed by atoms with Gasteiger partial charge < -0.3 is 5.73 Å². The summed E-state index contributed by atoms with van der Waals surface area (Å²) in [4.78, 5) is 12.7. The second-order valence-electron chi connectivity index (χ2n) is 5.69. The predicted molar refractivity (Wildman–Crippen MR) is 90.6 cm³/mol. The molecule has 2 heterocycles. The molecule has 0 amide bonds. The van der Waals surface area contributed by atoms with Crippen molar-refractivity contribution >= 4 is 5.82 Å². The first-order chi connectivity index (χ1) is 10.7. The van der Waals surface area contributed by atoms with Crippen LogP contribution in [0.25, 0.3) is 0 Å². The minimum atomic E-state index is 0.576. The lowest BCUT2D eigenvalue weighted by molar-refractivity contribution is 0.540. The Labute approximate surface area is 133 Å². The monoisotopic (exact) mass is 298 g/mol. The number of fused-ring (bicyclic) bond motifs is 1. The molecular formula is C18H26N4. The van der Waals surface area contributed by atoms with E-state index in [4.69, 9.17) is 5.73 Å². The van der Waals surface area contributed by atoms with Gasteiger partial charge in [0.05, 0.1) is 11.4 Å². The summed E-state index contributed by atoms with van der Waals surface area (Å²) in [7, 11) is 0. The van der Waals surface area contributed by atoms with Crippen molar-refractivity contribution in [1.29, 1.82) is 0 Å². The minimum absolute atomic E-state index is 0.576. The molecular weight excluding hydrogens is 272 g/mol. The second kappa shape index (κ2) is 7.87. The Kier molecular flexibility index (Phi) is 5.87. The highest BCUT2D eigenvalue weighted by molar-refractivity contribution is 5.34. The molecule has 2 aromatic rings. The number of nitrogens with zero attached hydrogens (tertiary/aromatic N) is 3. The Morgan fingerprint density at radius 2 is 1.95 bits per heavy atom. The van der Waals surface area contributed by atoms with E-state index in [1.54, 1.807) is 6.20 Å². The lowest BCUT2D eigenvalue weighted by Crippen LogP contribution is -2.02. The lowest BCUT2D eigenvalue weighted by atomic mass is 10.0. The molecule has 1 aliphatic carbocycles. The quantitative estimate of drug-likeness (QED) is 0.943. The molecule has 1 atom stereocenters. The smallest absolute Gasteiger partial charge is 0.145 e. The molecule has 0 aromatic carbocycles. The first-order valence-corrected chi connectivity index (χ1v) is 8.20. The molecule has 4 nitrogen and oxygen atoms in total. The van der Waals surface area contributed by atoms with Crippen LogP contribution in [0.1, 0.15) is 49.8 Å². The first-order valence-electron chi connectivity index (χ1n) is 8.20. The largest absolute Gasteiger partial charge is 0.382 e. The molecule has 0 fully saturated rings. The van der Waals surface area contributed by atoms with Crippen molar-refractivity contribution in [3.05, 3.63) is 47.2 Å². The third-order valence-corrected chi connectivity index (χ3v) is 4.18. The SMILES string of the molecule is CCC1Cc2cccnc2C1.CCc1cnc(CC)c(N)n1. The molecule has 0 spiro atoms. The molecule has 3 rings (SSSR count). The molecule has 4 heteroatoms. The molecule has 0 bridgehead atoms. The summed E-state index contributed by atoms with van der Waals surface area (Å²) >= 11 is 0. The summed E-state index contributed by atoms with van der Waals surface area (Å²) in [6, 6.07) is 4.24. The van der Waals surface area contributed by atoms with Gasteiger partial charge in [-0.15, -0.1) is 0 Å². The molecule has 2 aromatic heterocycles. The Morgan fingerprint density at radius 3 is 2.55 bits per heavy atom. The third-order valence-electron chi connectivity index (χ3n) is 4.18. The summed E-state index contributed by atoms with van der Waals surface area (Å²) in [5.74, 6) is 1.44. The van der Waals surface area contributed by atoms with Crippen LogP contribution >= 0.6 is 0 Å². The van der Waals surface area contributed by atoms with Crippen LogP contribution in [0, 0.1) is 5.92 Å². The van der Waals surface area contributed by atoms with E-state index in [0.717, 1.165) is 30.1 Å². The number of aromatic nitrogens is 3. The van der Waals surface area contributed by atoms with Gasteiger partial charge in [0.1, 0.15) is 5.82 Å². The van der Waals surface area contributed by atoms with Crippen LogP contribution < -0.4 is 5.73 Å². The van der Waals surface area contributed by atoms with E-state index in [2.05, 4.69) is 27.9 Å². The highest BCUT2D eigenvalue weighted by Crippen LogP contribution is 2.26. The van der Waals surface area contributed by atoms with Crippen molar-refractivity contribution in [2.24, 2.45) is 5.92 Å². The number of hydrogen-bond donors (Lipinski definition) is 1. The molecule has 118 valence electrons. The molecule has 2 N–H and O–H groups in total. The van der Waals surface area contributed by atoms with Gasteiger partial charge in [0, 0.05) is 18.1 Å². The van der Waals surface area contributed by atoms with Crippen molar-refractivity contribution in [3.63, 3.8) is 0 Å². The molecule has 0 saturated heterocycles. The highest BCUT2D eigenvalue weighted by Gasteiger charge is 2.19. The van der Waals surface area contributed by atoms with Crippen molar-refractivity contribution in [2.75, 3.05) is 5.73 Å². The Hall–Kier alpha value is -1.97. The standard InChI is InChI=1S/C10H13N.C8H13N3/c1-2-8-6-9-4-3-5-11-10(9)7-8;1-3-6-5-10-7(4-2)8(9)11-6/h3-5,8H,2,6-7H2,1H3;5H,3-4H2,1-2H3,(H2,9,11). The zero-order chi connectivity index (χ0) is 15.9. The van der Waals surface area contributed by atoms with Gasteiger partial charge >= 0.3 is 0 Å². The van der Waals surface area contributed by atoms with Gasteiger partial charge in [-0.2, -0.15) is 0 Å². The summed E-state index contributed by atoms with van der Waals surface area (Å²) in [6.45, 7) is 6.32. The van der Waals surface area contributed by atoms with Crippen LogP contribution in [0.2, 0.25) is 0 Å². The van der Waals surface area contributed by atoms with Crippen LogP contribution in [0.5, 0.6) is 0 Å². The number of rotatable bonds is 3. The first kappa shape index (κ1) is 16.4. The molecule has 0 radical (unpaired) electrons. The number of hydrogen-bond acceptors (Lipinski definition) is 4. The number of anilines is 1. The Morgan fingerprint density at radius 1 is 1.14 bits per heavy atom. The summed E-state index contributed by atoms with van der Waals surface area (Å²) in [5, 5.41) is 0. The van der Waals surface area contributed by atoms with E-state index in [-0.39, 0.29) is 0 Å². The predicted octanol–water partition coefficient (Wildman–Crippen LogP) is 3.39. The minimum Gasteiger partial charge on any atom is -0.382 e. The van der Waals surface area contributed by atoms with Crippen LogP contribution in [-0.2, 0) is 25.7 Å². The topological polar surface area (TPSA) is 64.7 Å². The van der Waals surface area contributed by atoms with Crippen molar-refractivity contribution in [2.45, 2.75) is 52.9 Å². The van der Waals surface area contributed by atoms with Crippen molar-refractivity contribution < 1.29 is 0 Å². The van der Waals surface area contributed by atoms with Gasteiger partial charge in [-0.25, -0.2) is 4.98 Å². The van der Waals surface area contributed by atoms with Gasteiger partial charge in [0.2, 0.25) is 0 Å². The van der Waals surface area contributed by atoms with Crippen LogP contribution in [0.3, 0.4) is 0 Å². The fourth-order valence-corrected chi connectivity index (χ4v) is 2.70. The van der Waals surface area contributed by atoms with E-state index in [1.165, 1.54) is 30.5 Å². The van der Waals surface area contributed by atoms with Crippen molar-refractivity contribution in [1.82, 2.24) is 15.0 Å². The number of aryl methyl sites for hydroxylation is 2. The van der Waals surface area contributed by atoms with E-state index in [0.29, 0.717) is 5.82 Å². The summed E-state index contributed by atoms with van der Waals surface area (Å²) < 4.78 is 0. The Bertz CT molecular complexity index is 585. The van der Waals surface area contributed by atoms with Gasteiger partial charge in [-0.05, 0) is 43.2 Å². The molecule has 0 saturated carbocycles. The fourth-order valence-electron chi connectivity index (χ4n) is 2.70. The van der Waals surface area contributed by atoms with Crippen LogP contribution in [0.4, 0.5) is 5.82 Å². The maximum absolute atomic E-state index is 5.63. The maximum atomic E-state index is 5.63. The number of nitrogens with two attached hydrogens (primary N) is 1. The fraction of sp³-hybridized carbons (Fsp3) is 0.500. The van der Waals surface area contributed by atoms with E-state index < -0.39 is 0 Å². The maximum Gasteiger partial charge on any atom is 0.145 e. The molecule has 1 aliphatic rings. The highest BCUT2D eigenvalue weighted by atomic mass is 14.9. The molecule has 0 aliphatic heterocycles. The zero-order valence-corrected chi connectivity index (χ0v) is 13.8. The van der Waals surface area contributed by atoms with Crippen LogP contribution in [0.15, 0.2) is 24.5 Å². The molecule has 1 unspecified atom stereocenters. The average molecular weight is 298 g/mol. The number of pyridine rings is 1. The molecule has 22 heavy (non-hydrogen) atoms. The average Bonchev–Trinajstić information content (AvgIpc) is 2.98. The van der Waals surface area contributed by atoms with Crippen molar-refractivity contribution in [3.8, 4) is 0 Å². The zero-order valence-electron chi connectivity index (χ0n) is 13.8. The Balaban J connectivity index is 0.000000160. The van der Waals surface area contributed by atoms with Gasteiger partial charge in [-0.1, -0.05) is 33.3 Å². The van der Waals surface area contributed by atoms with Gasteiger partial charge in [-0.3, -0.25) is 9.97 Å². The van der Waals surface area contributed by atoms with E-state index in [1.807, 2.05) is 26.1 Å². The van der Waals surface area contributed by atoms with Gasteiger partial charge in [0.15, 0.2) is 0 Å². The van der Waals surface area contributed by atoms with Crippen LogP contribution in [-0.4, -0.2) is 15.0 Å². The normalized spacial score (nSPS) is 15.9. The second-order valence-corrected chi connectivity index (χ2v) is 5.69. The third kappa shape index (κ3) is 4.03. The summed E-state index contributed by atoms with van der Waals surface area (Å²) in [6.07, 6.45) is 9.17. The van der Waals surface area contributed by atoms with E-state index >= 15 is 0 Å². The number of nitrogen functional groups attached to an aromatic ring is 1. The lowest BCUT2D eigenvalue weighted by Gasteiger charge is -2.01. The van der Waals surface area contributed by atoms with Gasteiger partial charge in [0.25, 0.3) is 0 Å².